The predicted molar refractivity (Wildman–Crippen MR) is 144 cm³/mol. The molecule has 1 aromatic heterocycles. The number of aromatic nitrogens is 1. The molecule has 5 rings (SSSR count). The Morgan fingerprint density at radius 3 is 2.32 bits per heavy atom. The maximum absolute atomic E-state index is 15.7. The summed E-state index contributed by atoms with van der Waals surface area (Å²) >= 11 is 0. The third kappa shape index (κ3) is 5.10. The fraction of sp³-hybridized carbons (Fsp3) is 0.333. The number of anilines is 2. The number of likely N-dealkylation sites (tertiary alicyclic amines) is 1. The van der Waals surface area contributed by atoms with Crippen molar-refractivity contribution in [3.63, 3.8) is 0 Å². The Labute approximate surface area is 221 Å². The minimum atomic E-state index is -1.53. The average Bonchev–Trinajstić information content (AvgIpc) is 2.92. The SMILES string of the molecule is CCc1ccc(C(=O)N2CCC(F)(c3ccc(C#N)cc3)CC2)cc1NC(=O)c1ccc(N2CCC2)nc1. The van der Waals surface area contributed by atoms with Gasteiger partial charge in [0.1, 0.15) is 11.5 Å². The number of halogens is 1. The second-order valence-electron chi connectivity index (χ2n) is 9.87. The summed E-state index contributed by atoms with van der Waals surface area (Å²) in [5, 5.41) is 11.9. The lowest BCUT2D eigenvalue weighted by atomic mass is 9.85. The van der Waals surface area contributed by atoms with E-state index in [0.29, 0.717) is 34.4 Å². The molecule has 3 aromatic rings. The first-order chi connectivity index (χ1) is 18.4. The molecule has 0 aliphatic carbocycles. The van der Waals surface area contributed by atoms with Crippen LogP contribution in [0, 0.1) is 11.3 Å². The lowest BCUT2D eigenvalue weighted by Crippen LogP contribution is -2.43. The third-order valence-corrected chi connectivity index (χ3v) is 7.55. The zero-order chi connectivity index (χ0) is 26.7. The number of amides is 2. The van der Waals surface area contributed by atoms with Crippen molar-refractivity contribution in [3.8, 4) is 6.07 Å². The van der Waals surface area contributed by atoms with Crippen LogP contribution in [-0.4, -0.2) is 47.9 Å². The molecule has 0 unspecified atom stereocenters. The Morgan fingerprint density at radius 2 is 1.74 bits per heavy atom. The Hall–Kier alpha value is -4.25. The summed E-state index contributed by atoms with van der Waals surface area (Å²) in [6, 6.07) is 17.5. The van der Waals surface area contributed by atoms with Crippen LogP contribution in [0.5, 0.6) is 0 Å². The van der Waals surface area contributed by atoms with E-state index in [2.05, 4.69) is 15.2 Å². The molecular weight excluding hydrogens is 481 g/mol. The van der Waals surface area contributed by atoms with Crippen molar-refractivity contribution >= 4 is 23.3 Å². The lowest BCUT2D eigenvalue weighted by molar-refractivity contribution is 0.0421. The molecule has 2 fully saturated rings. The van der Waals surface area contributed by atoms with Crippen LogP contribution in [0.4, 0.5) is 15.9 Å². The highest BCUT2D eigenvalue weighted by Crippen LogP contribution is 2.37. The summed E-state index contributed by atoms with van der Waals surface area (Å²) < 4.78 is 15.7. The number of nitrogens with zero attached hydrogens (tertiary/aromatic N) is 4. The zero-order valence-electron chi connectivity index (χ0n) is 21.4. The highest BCUT2D eigenvalue weighted by molar-refractivity contribution is 6.05. The molecule has 2 amide bonds. The van der Waals surface area contributed by atoms with E-state index >= 15 is 4.39 Å². The number of hydrogen-bond acceptors (Lipinski definition) is 5. The molecule has 194 valence electrons. The maximum atomic E-state index is 15.7. The summed E-state index contributed by atoms with van der Waals surface area (Å²) in [6.45, 7) is 4.52. The number of aryl methyl sites for hydroxylation is 1. The van der Waals surface area contributed by atoms with E-state index in [1.807, 2.05) is 25.1 Å². The lowest BCUT2D eigenvalue weighted by Gasteiger charge is -2.37. The number of alkyl halides is 1. The fourth-order valence-electron chi connectivity index (χ4n) is 4.96. The number of carbonyl (C=O) groups excluding carboxylic acids is 2. The van der Waals surface area contributed by atoms with Gasteiger partial charge >= 0.3 is 0 Å². The molecule has 0 saturated carbocycles. The summed E-state index contributed by atoms with van der Waals surface area (Å²) in [6.07, 6.45) is 3.79. The Balaban J connectivity index is 1.26. The van der Waals surface area contributed by atoms with E-state index in [0.717, 1.165) is 30.9 Å². The van der Waals surface area contributed by atoms with E-state index in [1.54, 1.807) is 53.6 Å². The number of rotatable bonds is 6. The Bertz CT molecular complexity index is 1370. The normalized spacial score (nSPS) is 16.3. The van der Waals surface area contributed by atoms with Gasteiger partial charge in [0.25, 0.3) is 11.8 Å². The summed E-state index contributed by atoms with van der Waals surface area (Å²) in [4.78, 5) is 34.5. The zero-order valence-corrected chi connectivity index (χ0v) is 21.4. The topological polar surface area (TPSA) is 89.3 Å². The monoisotopic (exact) mass is 511 g/mol. The van der Waals surface area contributed by atoms with Crippen molar-refractivity contribution in [1.82, 2.24) is 9.88 Å². The standard InChI is InChI=1S/C30H30FN5O2/c1-2-22-6-7-23(18-26(22)34-28(37)24-8-11-27(33-20-24)35-14-3-15-35)29(38)36-16-12-30(31,13-17-36)25-9-4-21(19-32)5-10-25/h4-11,18,20H,2-3,12-17H2,1H3,(H,34,37). The minimum absolute atomic E-state index is 0.182. The van der Waals surface area contributed by atoms with Crippen LogP contribution in [-0.2, 0) is 12.1 Å². The van der Waals surface area contributed by atoms with Crippen molar-refractivity contribution in [2.45, 2.75) is 38.3 Å². The number of nitrogens with one attached hydrogen (secondary N) is 1. The van der Waals surface area contributed by atoms with Crippen LogP contribution >= 0.6 is 0 Å². The highest BCUT2D eigenvalue weighted by Gasteiger charge is 2.37. The fourth-order valence-corrected chi connectivity index (χ4v) is 4.96. The van der Waals surface area contributed by atoms with E-state index in [-0.39, 0.29) is 37.7 Å². The molecule has 0 radical (unpaired) electrons. The van der Waals surface area contributed by atoms with Gasteiger partial charge in [0.15, 0.2) is 0 Å². The van der Waals surface area contributed by atoms with Gasteiger partial charge in [-0.1, -0.05) is 25.1 Å². The molecule has 1 N–H and O–H groups in total. The molecule has 7 nitrogen and oxygen atoms in total. The first kappa shape index (κ1) is 25.4. The van der Waals surface area contributed by atoms with Gasteiger partial charge in [-0.2, -0.15) is 5.26 Å². The second-order valence-corrected chi connectivity index (χ2v) is 9.87. The van der Waals surface area contributed by atoms with E-state index in [1.165, 1.54) is 0 Å². The third-order valence-electron chi connectivity index (χ3n) is 7.55. The Morgan fingerprint density at radius 1 is 1.03 bits per heavy atom. The number of benzene rings is 2. The van der Waals surface area contributed by atoms with Gasteiger partial charge in [-0.15, -0.1) is 0 Å². The number of piperidine rings is 1. The van der Waals surface area contributed by atoms with Crippen LogP contribution in [0.3, 0.4) is 0 Å². The molecule has 3 heterocycles. The van der Waals surface area contributed by atoms with Gasteiger partial charge in [-0.05, 0) is 60.4 Å². The summed E-state index contributed by atoms with van der Waals surface area (Å²) in [5.74, 6) is 0.396. The second kappa shape index (κ2) is 10.6. The van der Waals surface area contributed by atoms with Gasteiger partial charge in [-0.25, -0.2) is 9.37 Å². The van der Waals surface area contributed by atoms with Gasteiger partial charge in [0.2, 0.25) is 0 Å². The first-order valence-corrected chi connectivity index (χ1v) is 13.0. The summed E-state index contributed by atoms with van der Waals surface area (Å²) in [7, 11) is 0. The quantitative estimate of drug-likeness (QED) is 0.499. The molecule has 2 saturated heterocycles. The molecule has 0 spiro atoms. The predicted octanol–water partition coefficient (Wildman–Crippen LogP) is 5.08. The van der Waals surface area contributed by atoms with Crippen molar-refractivity contribution < 1.29 is 14.0 Å². The number of nitriles is 1. The highest BCUT2D eigenvalue weighted by atomic mass is 19.1. The van der Waals surface area contributed by atoms with Crippen LogP contribution in [0.1, 0.15) is 63.6 Å². The van der Waals surface area contributed by atoms with E-state index < -0.39 is 5.67 Å². The van der Waals surface area contributed by atoms with Crippen LogP contribution in [0.25, 0.3) is 0 Å². The molecular formula is C30H30FN5O2. The van der Waals surface area contributed by atoms with Gasteiger partial charge < -0.3 is 15.1 Å². The molecule has 0 bridgehead atoms. The van der Waals surface area contributed by atoms with Crippen LogP contribution in [0.15, 0.2) is 60.8 Å². The van der Waals surface area contributed by atoms with Crippen LogP contribution in [0.2, 0.25) is 0 Å². The Kier molecular flexibility index (Phi) is 7.10. The van der Waals surface area contributed by atoms with Crippen molar-refractivity contribution in [2.24, 2.45) is 0 Å². The average molecular weight is 512 g/mol. The van der Waals surface area contributed by atoms with Crippen molar-refractivity contribution in [2.75, 3.05) is 36.4 Å². The van der Waals surface area contributed by atoms with E-state index in [4.69, 9.17) is 5.26 Å². The van der Waals surface area contributed by atoms with Crippen molar-refractivity contribution in [1.29, 1.82) is 5.26 Å². The van der Waals surface area contributed by atoms with Gasteiger partial charge in [0, 0.05) is 56.5 Å². The number of carbonyl (C=O) groups is 2. The smallest absolute Gasteiger partial charge is 0.257 e. The van der Waals surface area contributed by atoms with Gasteiger partial charge in [-0.3, -0.25) is 9.59 Å². The molecule has 2 aliphatic heterocycles. The first-order valence-electron chi connectivity index (χ1n) is 13.0. The largest absolute Gasteiger partial charge is 0.356 e. The molecule has 0 atom stereocenters. The van der Waals surface area contributed by atoms with Crippen LogP contribution < -0.4 is 10.2 Å². The summed E-state index contributed by atoms with van der Waals surface area (Å²) in [5.41, 5.74) is 1.90. The molecule has 8 heteroatoms. The molecule has 2 aliphatic rings. The number of pyridine rings is 1. The maximum Gasteiger partial charge on any atom is 0.257 e. The molecule has 2 aromatic carbocycles. The minimum Gasteiger partial charge on any atom is -0.356 e. The van der Waals surface area contributed by atoms with Crippen molar-refractivity contribution in [3.05, 3.63) is 88.6 Å². The molecule has 38 heavy (non-hydrogen) atoms. The van der Waals surface area contributed by atoms with Gasteiger partial charge in [0.05, 0.1) is 17.2 Å². The number of hydrogen-bond donors (Lipinski definition) is 1. The van der Waals surface area contributed by atoms with E-state index in [9.17, 15) is 9.59 Å².